The van der Waals surface area contributed by atoms with Gasteiger partial charge in [0.15, 0.2) is 0 Å². The highest BCUT2D eigenvalue weighted by molar-refractivity contribution is 5.94. The second-order valence-electron chi connectivity index (χ2n) is 6.10. The molecule has 1 aromatic rings. The lowest BCUT2D eigenvalue weighted by atomic mass is 10.2. The molecule has 1 aromatic carbocycles. The predicted molar refractivity (Wildman–Crippen MR) is 85.9 cm³/mol. The Labute approximate surface area is 140 Å². The number of carbonyl (C=O) groups excluding carboxylic acids is 2. The lowest BCUT2D eigenvalue weighted by molar-refractivity contribution is -0.130. The SMILES string of the molecule is CC(C)O[C@H]1CN(C(=O)CCNC(=O)c2ccc(F)cc2)C[C@@H]1O. The molecule has 2 N–H and O–H groups in total. The van der Waals surface area contributed by atoms with Crippen LogP contribution in [0.25, 0.3) is 0 Å². The van der Waals surface area contributed by atoms with E-state index in [0.717, 1.165) is 0 Å². The summed E-state index contributed by atoms with van der Waals surface area (Å²) >= 11 is 0. The third-order valence-corrected chi connectivity index (χ3v) is 3.77. The zero-order valence-corrected chi connectivity index (χ0v) is 13.9. The third-order valence-electron chi connectivity index (χ3n) is 3.77. The van der Waals surface area contributed by atoms with Gasteiger partial charge in [-0.1, -0.05) is 0 Å². The average molecular weight is 338 g/mol. The van der Waals surface area contributed by atoms with Crippen molar-refractivity contribution in [1.29, 1.82) is 0 Å². The topological polar surface area (TPSA) is 78.9 Å². The first-order valence-electron chi connectivity index (χ1n) is 8.02. The van der Waals surface area contributed by atoms with Crippen molar-refractivity contribution in [3.8, 4) is 0 Å². The molecule has 0 aromatic heterocycles. The zero-order chi connectivity index (χ0) is 17.7. The number of nitrogens with one attached hydrogen (secondary N) is 1. The number of ether oxygens (including phenoxy) is 1. The van der Waals surface area contributed by atoms with Crippen LogP contribution in [0.15, 0.2) is 24.3 Å². The number of nitrogens with zero attached hydrogens (tertiary/aromatic N) is 1. The number of halogens is 1. The Morgan fingerprint density at radius 2 is 2.00 bits per heavy atom. The minimum absolute atomic E-state index is 0.0188. The molecule has 2 atom stereocenters. The van der Waals surface area contributed by atoms with E-state index >= 15 is 0 Å². The standard InChI is InChI=1S/C17H23FN2O4/c1-11(2)24-15-10-20(9-14(15)21)16(22)7-8-19-17(23)12-3-5-13(18)6-4-12/h3-6,11,14-15,21H,7-10H2,1-2H3,(H,19,23)/t14-,15-/m0/s1. The lowest BCUT2D eigenvalue weighted by Crippen LogP contribution is -2.34. The van der Waals surface area contributed by atoms with Gasteiger partial charge in [0.25, 0.3) is 5.91 Å². The number of rotatable bonds is 6. The van der Waals surface area contributed by atoms with Crippen molar-refractivity contribution in [3.63, 3.8) is 0 Å². The summed E-state index contributed by atoms with van der Waals surface area (Å²) < 4.78 is 18.4. The third kappa shape index (κ3) is 5.01. The van der Waals surface area contributed by atoms with Gasteiger partial charge in [0, 0.05) is 31.6 Å². The number of aliphatic hydroxyl groups excluding tert-OH is 1. The van der Waals surface area contributed by atoms with Crippen molar-refractivity contribution in [2.75, 3.05) is 19.6 Å². The molecule has 1 aliphatic rings. The second-order valence-corrected chi connectivity index (χ2v) is 6.10. The molecule has 2 amide bonds. The van der Waals surface area contributed by atoms with E-state index in [1.807, 2.05) is 13.8 Å². The van der Waals surface area contributed by atoms with Crippen LogP contribution < -0.4 is 5.32 Å². The molecule has 7 heteroatoms. The molecule has 2 rings (SSSR count). The van der Waals surface area contributed by atoms with Crippen LogP contribution in [0.2, 0.25) is 0 Å². The molecule has 0 bridgehead atoms. The number of hydrogen-bond donors (Lipinski definition) is 2. The molecule has 0 aliphatic carbocycles. The summed E-state index contributed by atoms with van der Waals surface area (Å²) in [6.45, 7) is 4.52. The Morgan fingerprint density at radius 3 is 2.62 bits per heavy atom. The van der Waals surface area contributed by atoms with E-state index in [4.69, 9.17) is 4.74 Å². The normalized spacial score (nSPS) is 20.5. The van der Waals surface area contributed by atoms with Gasteiger partial charge in [-0.2, -0.15) is 0 Å². The summed E-state index contributed by atoms with van der Waals surface area (Å²) in [6.07, 6.45) is -0.948. The summed E-state index contributed by atoms with van der Waals surface area (Å²) in [7, 11) is 0. The molecule has 0 saturated carbocycles. The highest BCUT2D eigenvalue weighted by Gasteiger charge is 2.34. The smallest absolute Gasteiger partial charge is 0.251 e. The molecule has 24 heavy (non-hydrogen) atoms. The summed E-state index contributed by atoms with van der Waals surface area (Å²) in [5.74, 6) is -0.916. The van der Waals surface area contributed by atoms with Crippen LogP contribution in [0.1, 0.15) is 30.6 Å². The van der Waals surface area contributed by atoms with Crippen molar-refractivity contribution in [2.24, 2.45) is 0 Å². The molecule has 0 spiro atoms. The minimum atomic E-state index is -0.690. The van der Waals surface area contributed by atoms with E-state index in [1.165, 1.54) is 24.3 Å². The van der Waals surface area contributed by atoms with E-state index in [0.29, 0.717) is 12.1 Å². The van der Waals surface area contributed by atoms with Gasteiger partial charge in [-0.15, -0.1) is 0 Å². The average Bonchev–Trinajstić information content (AvgIpc) is 2.88. The maximum Gasteiger partial charge on any atom is 0.251 e. The zero-order valence-electron chi connectivity index (χ0n) is 13.9. The van der Waals surface area contributed by atoms with Gasteiger partial charge in [-0.05, 0) is 38.1 Å². The Bertz CT molecular complexity index is 576. The highest BCUT2D eigenvalue weighted by atomic mass is 19.1. The first-order valence-corrected chi connectivity index (χ1v) is 8.02. The number of likely N-dealkylation sites (tertiary alicyclic amines) is 1. The maximum atomic E-state index is 12.8. The van der Waals surface area contributed by atoms with Gasteiger partial charge in [-0.25, -0.2) is 4.39 Å². The lowest BCUT2D eigenvalue weighted by Gasteiger charge is -2.18. The minimum Gasteiger partial charge on any atom is -0.388 e. The molecule has 1 heterocycles. The molecule has 0 radical (unpaired) electrons. The number of β-amino-alcohol motifs (C(OH)–C–C–N with tert-alkyl or cyclic N) is 1. The van der Waals surface area contributed by atoms with Crippen LogP contribution in [-0.2, 0) is 9.53 Å². The van der Waals surface area contributed by atoms with Gasteiger partial charge in [-0.3, -0.25) is 9.59 Å². The van der Waals surface area contributed by atoms with Gasteiger partial charge in [0.2, 0.25) is 5.91 Å². The molecule has 1 saturated heterocycles. The van der Waals surface area contributed by atoms with E-state index in [2.05, 4.69) is 5.32 Å². The van der Waals surface area contributed by atoms with Crippen molar-refractivity contribution in [1.82, 2.24) is 10.2 Å². The van der Waals surface area contributed by atoms with Crippen molar-refractivity contribution in [2.45, 2.75) is 38.6 Å². The number of amides is 2. The fourth-order valence-electron chi connectivity index (χ4n) is 2.59. The number of carbonyl (C=O) groups is 2. The second kappa shape index (κ2) is 8.21. The van der Waals surface area contributed by atoms with Gasteiger partial charge in [0.05, 0.1) is 12.2 Å². The first kappa shape index (κ1) is 18.4. The van der Waals surface area contributed by atoms with E-state index < -0.39 is 11.9 Å². The van der Waals surface area contributed by atoms with Crippen LogP contribution >= 0.6 is 0 Å². The molecule has 6 nitrogen and oxygen atoms in total. The van der Waals surface area contributed by atoms with Crippen LogP contribution in [-0.4, -0.2) is 59.8 Å². The van der Waals surface area contributed by atoms with Crippen LogP contribution in [0, 0.1) is 5.82 Å². The quantitative estimate of drug-likeness (QED) is 0.809. The highest BCUT2D eigenvalue weighted by Crippen LogP contribution is 2.16. The number of benzene rings is 1. The van der Waals surface area contributed by atoms with Gasteiger partial charge in [0.1, 0.15) is 11.9 Å². The monoisotopic (exact) mass is 338 g/mol. The van der Waals surface area contributed by atoms with Crippen LogP contribution in [0.5, 0.6) is 0 Å². The Morgan fingerprint density at radius 1 is 1.33 bits per heavy atom. The van der Waals surface area contributed by atoms with Crippen molar-refractivity contribution < 1.29 is 23.8 Å². The summed E-state index contributed by atoms with van der Waals surface area (Å²) in [6, 6.07) is 5.19. The Balaban J connectivity index is 1.75. The molecule has 1 fully saturated rings. The summed E-state index contributed by atoms with van der Waals surface area (Å²) in [4.78, 5) is 25.6. The van der Waals surface area contributed by atoms with Crippen LogP contribution in [0.4, 0.5) is 4.39 Å². The molecular weight excluding hydrogens is 315 g/mol. The first-order chi connectivity index (χ1) is 11.4. The van der Waals surface area contributed by atoms with E-state index in [1.54, 1.807) is 4.90 Å². The van der Waals surface area contributed by atoms with Crippen molar-refractivity contribution in [3.05, 3.63) is 35.6 Å². The number of aliphatic hydroxyl groups is 1. The molecule has 132 valence electrons. The van der Waals surface area contributed by atoms with Crippen LogP contribution in [0.3, 0.4) is 0 Å². The van der Waals surface area contributed by atoms with Crippen molar-refractivity contribution >= 4 is 11.8 Å². The summed E-state index contributed by atoms with van der Waals surface area (Å²) in [5.41, 5.74) is 0.339. The fourth-order valence-corrected chi connectivity index (χ4v) is 2.59. The number of hydrogen-bond acceptors (Lipinski definition) is 4. The predicted octanol–water partition coefficient (Wildman–Crippen LogP) is 0.942. The Kier molecular flexibility index (Phi) is 6.28. The van der Waals surface area contributed by atoms with E-state index in [9.17, 15) is 19.1 Å². The van der Waals surface area contributed by atoms with Gasteiger partial charge >= 0.3 is 0 Å². The molecular formula is C17H23FN2O4. The van der Waals surface area contributed by atoms with E-state index in [-0.39, 0.29) is 43.5 Å². The largest absolute Gasteiger partial charge is 0.388 e. The Hall–Kier alpha value is -1.99. The molecule has 1 aliphatic heterocycles. The molecule has 0 unspecified atom stereocenters. The van der Waals surface area contributed by atoms with Gasteiger partial charge < -0.3 is 20.1 Å². The maximum absolute atomic E-state index is 12.8. The fraction of sp³-hybridized carbons (Fsp3) is 0.529. The summed E-state index contributed by atoms with van der Waals surface area (Å²) in [5, 5.41) is 12.5.